The van der Waals surface area contributed by atoms with Crippen LogP contribution in [0.25, 0.3) is 0 Å². The number of hydrogen-bond acceptors (Lipinski definition) is 1. The maximum atomic E-state index is 4.59. The van der Waals surface area contributed by atoms with Crippen LogP contribution in [0.4, 0.5) is 0 Å². The van der Waals surface area contributed by atoms with Crippen LogP contribution in [-0.4, -0.2) is 24.8 Å². The van der Waals surface area contributed by atoms with Crippen LogP contribution in [0, 0.1) is 11.3 Å². The molecule has 0 aromatic rings. The summed E-state index contributed by atoms with van der Waals surface area (Å²) in [5, 5.41) is 4.59. The third-order valence-electron chi connectivity index (χ3n) is 3.32. The van der Waals surface area contributed by atoms with Crippen LogP contribution in [0.2, 0.25) is 0 Å². The minimum atomic E-state index is 0.489. The van der Waals surface area contributed by atoms with E-state index >= 15 is 0 Å². The van der Waals surface area contributed by atoms with Crippen molar-refractivity contribution < 1.29 is 4.70 Å². The summed E-state index contributed by atoms with van der Waals surface area (Å²) in [5.74, 6) is 0.899. The molecule has 1 aliphatic carbocycles. The zero-order valence-electron chi connectivity index (χ0n) is 10.4. The van der Waals surface area contributed by atoms with Gasteiger partial charge in [-0.05, 0) is 42.1 Å². The van der Waals surface area contributed by atoms with E-state index in [4.69, 9.17) is 0 Å². The molecule has 0 unspecified atom stereocenters. The Hall–Kier alpha value is -0.400. The lowest BCUT2D eigenvalue weighted by molar-refractivity contribution is -0.541. The first kappa shape index (κ1) is 11.7. The fourth-order valence-corrected chi connectivity index (χ4v) is 2.38. The summed E-state index contributed by atoms with van der Waals surface area (Å²) < 4.78 is 1.96. The molecule has 0 aromatic carbocycles. The van der Waals surface area contributed by atoms with Crippen LogP contribution in [0.3, 0.4) is 0 Å². The van der Waals surface area contributed by atoms with Gasteiger partial charge in [-0.1, -0.05) is 20.8 Å². The summed E-state index contributed by atoms with van der Waals surface area (Å²) >= 11 is 0. The van der Waals surface area contributed by atoms with Crippen molar-refractivity contribution in [3.05, 3.63) is 0 Å². The first-order chi connectivity index (χ1) is 6.39. The van der Waals surface area contributed by atoms with Gasteiger partial charge in [0.15, 0.2) is 14.1 Å². The molecule has 2 nitrogen and oxygen atoms in total. The molecule has 1 aliphatic rings. The van der Waals surface area contributed by atoms with Gasteiger partial charge in [0, 0.05) is 0 Å². The molecule has 1 fully saturated rings. The fraction of sp³-hybridized carbons (Fsp3) is 1.00. The van der Waals surface area contributed by atoms with Crippen LogP contribution in [0.5, 0.6) is 0 Å². The summed E-state index contributed by atoms with van der Waals surface area (Å²) in [6.07, 6.45) is 5.26. The average Bonchev–Trinajstić information content (AvgIpc) is 2.02. The van der Waals surface area contributed by atoms with Crippen LogP contribution < -0.4 is 0 Å². The minimum absolute atomic E-state index is 0.489. The molecule has 14 heavy (non-hydrogen) atoms. The van der Waals surface area contributed by atoms with E-state index in [1.54, 1.807) is 0 Å². The Balaban J connectivity index is 2.43. The van der Waals surface area contributed by atoms with Crippen LogP contribution in [0.1, 0.15) is 46.5 Å². The molecule has 0 heterocycles. The van der Waals surface area contributed by atoms with E-state index in [2.05, 4.69) is 25.9 Å². The van der Waals surface area contributed by atoms with Gasteiger partial charge in [-0.15, -0.1) is 4.70 Å². The molecule has 0 aliphatic heterocycles. The van der Waals surface area contributed by atoms with E-state index in [1.807, 2.05) is 18.8 Å². The van der Waals surface area contributed by atoms with E-state index in [1.165, 1.54) is 25.7 Å². The van der Waals surface area contributed by atoms with Crippen LogP contribution >= 0.6 is 0 Å². The fourth-order valence-electron chi connectivity index (χ4n) is 2.38. The average molecular weight is 197 g/mol. The molecular formula is C12H25N2+. The highest BCUT2D eigenvalue weighted by atomic mass is 15.2. The molecule has 0 N–H and O–H groups in total. The Bertz CT molecular complexity index is 201. The predicted octanol–water partition coefficient (Wildman–Crippen LogP) is 3.32. The molecule has 2 heteroatoms. The van der Waals surface area contributed by atoms with Gasteiger partial charge in [-0.2, -0.15) is 0 Å². The standard InChI is InChI=1S/C12H25N2/c1-12(2,3)10-6-8-11(9-7-10)13-14(4)5/h10-11H,6-9H2,1-5H3/q+1. The van der Waals surface area contributed by atoms with Gasteiger partial charge < -0.3 is 0 Å². The SMILES string of the molecule is C[N+](C)=NC1CCC(C(C)(C)C)CC1. The van der Waals surface area contributed by atoms with Crippen molar-refractivity contribution in [1.29, 1.82) is 0 Å². The zero-order valence-corrected chi connectivity index (χ0v) is 10.4. The predicted molar refractivity (Wildman–Crippen MR) is 59.7 cm³/mol. The van der Waals surface area contributed by atoms with Crippen molar-refractivity contribution in [2.75, 3.05) is 14.1 Å². The Kier molecular flexibility index (Phi) is 3.68. The molecule has 0 atom stereocenters. The second-order valence-electron chi connectivity index (χ2n) is 5.83. The highest BCUT2D eigenvalue weighted by Crippen LogP contribution is 2.38. The zero-order chi connectivity index (χ0) is 10.8. The molecule has 0 radical (unpaired) electrons. The van der Waals surface area contributed by atoms with Crippen LogP contribution in [0.15, 0.2) is 5.11 Å². The maximum absolute atomic E-state index is 4.59. The molecule has 0 aromatic heterocycles. The van der Waals surface area contributed by atoms with Gasteiger partial charge in [0.05, 0.1) is 0 Å². The molecule has 82 valence electrons. The third-order valence-corrected chi connectivity index (χ3v) is 3.32. The number of rotatable bonds is 1. The van der Waals surface area contributed by atoms with Gasteiger partial charge in [0.25, 0.3) is 0 Å². The van der Waals surface area contributed by atoms with E-state index in [0.29, 0.717) is 11.5 Å². The van der Waals surface area contributed by atoms with E-state index < -0.39 is 0 Å². The lowest BCUT2D eigenvalue weighted by Gasteiger charge is -2.35. The minimum Gasteiger partial charge on any atom is -0.133 e. The quantitative estimate of drug-likeness (QED) is 0.453. The normalized spacial score (nSPS) is 28.6. The van der Waals surface area contributed by atoms with Crippen molar-refractivity contribution in [3.63, 3.8) is 0 Å². The van der Waals surface area contributed by atoms with Gasteiger partial charge in [-0.3, -0.25) is 0 Å². The van der Waals surface area contributed by atoms with E-state index in [-0.39, 0.29) is 0 Å². The molecule has 0 bridgehead atoms. The van der Waals surface area contributed by atoms with Gasteiger partial charge in [-0.25, -0.2) is 0 Å². The molecular weight excluding hydrogens is 172 g/mol. The summed E-state index contributed by atoms with van der Waals surface area (Å²) in [6.45, 7) is 7.09. The van der Waals surface area contributed by atoms with Gasteiger partial charge in [0.1, 0.15) is 6.04 Å². The maximum Gasteiger partial charge on any atom is 0.158 e. The lowest BCUT2D eigenvalue weighted by atomic mass is 9.71. The lowest BCUT2D eigenvalue weighted by Crippen LogP contribution is -2.27. The summed E-state index contributed by atoms with van der Waals surface area (Å²) in [7, 11) is 4.05. The third kappa shape index (κ3) is 3.39. The first-order valence-electron chi connectivity index (χ1n) is 5.77. The van der Waals surface area contributed by atoms with E-state index in [0.717, 1.165) is 5.92 Å². The smallest absolute Gasteiger partial charge is 0.133 e. The highest BCUT2D eigenvalue weighted by Gasteiger charge is 2.30. The molecule has 1 rings (SSSR count). The van der Waals surface area contributed by atoms with Crippen molar-refractivity contribution in [3.8, 4) is 0 Å². The molecule has 0 saturated heterocycles. The number of azo groups is 2. The van der Waals surface area contributed by atoms with Crippen molar-refractivity contribution >= 4 is 0 Å². The Labute approximate surface area is 88.4 Å². The monoisotopic (exact) mass is 197 g/mol. The summed E-state index contributed by atoms with van der Waals surface area (Å²) in [6, 6.07) is 0.587. The number of hydrogen-bond donors (Lipinski definition) is 0. The molecule has 0 spiro atoms. The Morgan fingerprint density at radius 3 is 1.86 bits per heavy atom. The van der Waals surface area contributed by atoms with E-state index in [9.17, 15) is 0 Å². The van der Waals surface area contributed by atoms with Crippen LogP contribution in [-0.2, 0) is 0 Å². The van der Waals surface area contributed by atoms with Crippen molar-refractivity contribution in [1.82, 2.24) is 0 Å². The van der Waals surface area contributed by atoms with Gasteiger partial charge >= 0.3 is 0 Å². The number of nitrogens with zero attached hydrogens (tertiary/aromatic N) is 2. The first-order valence-corrected chi connectivity index (χ1v) is 5.77. The summed E-state index contributed by atoms with van der Waals surface area (Å²) in [4.78, 5) is 0. The second-order valence-corrected chi connectivity index (χ2v) is 5.83. The summed E-state index contributed by atoms with van der Waals surface area (Å²) in [5.41, 5.74) is 0.489. The Morgan fingerprint density at radius 2 is 1.50 bits per heavy atom. The highest BCUT2D eigenvalue weighted by molar-refractivity contribution is 4.82. The van der Waals surface area contributed by atoms with Crippen molar-refractivity contribution in [2.24, 2.45) is 16.4 Å². The Morgan fingerprint density at radius 1 is 1.00 bits per heavy atom. The van der Waals surface area contributed by atoms with Gasteiger partial charge in [0.2, 0.25) is 0 Å². The largest absolute Gasteiger partial charge is 0.158 e. The molecule has 0 amide bonds. The topological polar surface area (TPSA) is 15.4 Å². The second kappa shape index (κ2) is 4.41. The van der Waals surface area contributed by atoms with Crippen molar-refractivity contribution in [2.45, 2.75) is 52.5 Å². The molecule has 1 saturated carbocycles.